The fourth-order valence-corrected chi connectivity index (χ4v) is 4.14. The standard InChI is InChI=1S/C15H23NO4S/c1-11-6-4-5-7-13(11)16-21(17,18)12-8-9-14(19-2)15(10-12)20-3/h8-11,13,16H,4-7H2,1-3H3/t11-,13-/m0/s1. The summed E-state index contributed by atoms with van der Waals surface area (Å²) in [4.78, 5) is 0.206. The third-order valence-corrected chi connectivity index (χ3v) is 5.57. The Bertz CT molecular complexity index is 585. The number of benzene rings is 1. The minimum absolute atomic E-state index is 0.0110. The fourth-order valence-electron chi connectivity index (χ4n) is 2.74. The Balaban J connectivity index is 2.22. The molecule has 0 saturated heterocycles. The topological polar surface area (TPSA) is 64.6 Å². The minimum Gasteiger partial charge on any atom is -0.493 e. The minimum atomic E-state index is -3.54. The van der Waals surface area contributed by atoms with Crippen LogP contribution in [-0.2, 0) is 10.0 Å². The van der Waals surface area contributed by atoms with Gasteiger partial charge in [0.05, 0.1) is 19.1 Å². The molecule has 1 aliphatic rings. The summed E-state index contributed by atoms with van der Waals surface area (Å²) in [5.41, 5.74) is 0. The number of rotatable bonds is 5. The van der Waals surface area contributed by atoms with Crippen LogP contribution < -0.4 is 14.2 Å². The molecule has 0 heterocycles. The van der Waals surface area contributed by atoms with E-state index < -0.39 is 10.0 Å². The van der Waals surface area contributed by atoms with Crippen molar-refractivity contribution in [3.05, 3.63) is 18.2 Å². The van der Waals surface area contributed by atoms with Crippen LogP contribution in [0.25, 0.3) is 0 Å². The Labute approximate surface area is 126 Å². The number of ether oxygens (including phenoxy) is 2. The second kappa shape index (κ2) is 6.66. The first kappa shape index (κ1) is 16.1. The lowest BCUT2D eigenvalue weighted by Crippen LogP contribution is -2.40. The fraction of sp³-hybridized carbons (Fsp3) is 0.600. The molecule has 1 saturated carbocycles. The van der Waals surface area contributed by atoms with E-state index in [0.717, 1.165) is 19.3 Å². The Kier molecular flexibility index (Phi) is 5.11. The van der Waals surface area contributed by atoms with E-state index in [9.17, 15) is 8.42 Å². The molecular weight excluding hydrogens is 290 g/mol. The van der Waals surface area contributed by atoms with Gasteiger partial charge in [0, 0.05) is 12.1 Å². The molecular formula is C15H23NO4S. The Morgan fingerprint density at radius 3 is 2.38 bits per heavy atom. The first-order valence-corrected chi connectivity index (χ1v) is 8.70. The molecule has 0 unspecified atom stereocenters. The lowest BCUT2D eigenvalue weighted by molar-refractivity contribution is 0.310. The highest BCUT2D eigenvalue weighted by Crippen LogP contribution is 2.30. The lowest BCUT2D eigenvalue weighted by Gasteiger charge is -2.29. The van der Waals surface area contributed by atoms with Gasteiger partial charge in [-0.15, -0.1) is 0 Å². The second-order valence-corrected chi connectivity index (χ2v) is 7.22. The third kappa shape index (κ3) is 3.68. The molecule has 2 atom stereocenters. The van der Waals surface area contributed by atoms with Gasteiger partial charge >= 0.3 is 0 Å². The van der Waals surface area contributed by atoms with Crippen molar-refractivity contribution in [2.45, 2.75) is 43.5 Å². The predicted molar refractivity (Wildman–Crippen MR) is 81.3 cm³/mol. The molecule has 0 bridgehead atoms. The van der Waals surface area contributed by atoms with E-state index in [4.69, 9.17) is 9.47 Å². The Morgan fingerprint density at radius 1 is 1.10 bits per heavy atom. The van der Waals surface area contributed by atoms with Gasteiger partial charge in [-0.1, -0.05) is 19.8 Å². The van der Waals surface area contributed by atoms with Crippen LogP contribution in [0.4, 0.5) is 0 Å². The van der Waals surface area contributed by atoms with E-state index >= 15 is 0 Å². The molecule has 118 valence electrons. The quantitative estimate of drug-likeness (QED) is 0.907. The monoisotopic (exact) mass is 313 g/mol. The van der Waals surface area contributed by atoms with Crippen LogP contribution in [-0.4, -0.2) is 28.7 Å². The van der Waals surface area contributed by atoms with Gasteiger partial charge < -0.3 is 9.47 Å². The molecule has 0 amide bonds. The summed E-state index contributed by atoms with van der Waals surface area (Å²) >= 11 is 0. The van der Waals surface area contributed by atoms with Crippen molar-refractivity contribution in [3.63, 3.8) is 0 Å². The maximum Gasteiger partial charge on any atom is 0.240 e. The van der Waals surface area contributed by atoms with Gasteiger partial charge in [-0.05, 0) is 30.9 Å². The summed E-state index contributed by atoms with van der Waals surface area (Å²) in [7, 11) is -0.523. The second-order valence-electron chi connectivity index (χ2n) is 5.51. The number of nitrogens with one attached hydrogen (secondary N) is 1. The summed E-state index contributed by atoms with van der Waals surface area (Å²) in [6.07, 6.45) is 4.21. The highest BCUT2D eigenvalue weighted by molar-refractivity contribution is 7.89. The van der Waals surface area contributed by atoms with Crippen molar-refractivity contribution in [3.8, 4) is 11.5 Å². The van der Waals surface area contributed by atoms with Crippen molar-refractivity contribution in [2.24, 2.45) is 5.92 Å². The maximum atomic E-state index is 12.5. The molecule has 5 nitrogen and oxygen atoms in total. The van der Waals surface area contributed by atoms with Crippen LogP contribution in [0, 0.1) is 5.92 Å². The molecule has 1 N–H and O–H groups in total. The SMILES string of the molecule is COc1ccc(S(=O)(=O)N[C@H]2CCCC[C@@H]2C)cc1OC. The molecule has 0 spiro atoms. The van der Waals surface area contributed by atoms with E-state index in [2.05, 4.69) is 11.6 Å². The predicted octanol–water partition coefficient (Wildman–Crippen LogP) is 2.56. The maximum absolute atomic E-state index is 12.5. The zero-order chi connectivity index (χ0) is 15.5. The normalized spacial score (nSPS) is 22.8. The number of hydrogen-bond donors (Lipinski definition) is 1. The van der Waals surface area contributed by atoms with Crippen LogP contribution >= 0.6 is 0 Å². The number of methoxy groups -OCH3 is 2. The molecule has 0 aliphatic heterocycles. The molecule has 2 rings (SSSR count). The molecule has 1 aromatic rings. The summed E-state index contributed by atoms with van der Waals surface area (Å²) in [6, 6.07) is 4.65. The van der Waals surface area contributed by atoms with Gasteiger partial charge in [0.2, 0.25) is 10.0 Å². The van der Waals surface area contributed by atoms with Crippen LogP contribution in [0.15, 0.2) is 23.1 Å². The molecule has 1 aromatic carbocycles. The van der Waals surface area contributed by atoms with E-state index in [0.29, 0.717) is 17.4 Å². The Morgan fingerprint density at radius 2 is 1.76 bits per heavy atom. The highest BCUT2D eigenvalue weighted by atomic mass is 32.2. The van der Waals surface area contributed by atoms with Crippen LogP contribution in [0.2, 0.25) is 0 Å². The van der Waals surface area contributed by atoms with Crippen LogP contribution in [0.1, 0.15) is 32.6 Å². The lowest BCUT2D eigenvalue weighted by atomic mass is 9.87. The molecule has 1 aliphatic carbocycles. The van der Waals surface area contributed by atoms with E-state index in [1.165, 1.54) is 32.8 Å². The third-order valence-electron chi connectivity index (χ3n) is 4.08. The summed E-state index contributed by atoms with van der Waals surface area (Å²) in [6.45, 7) is 2.10. The first-order valence-electron chi connectivity index (χ1n) is 7.22. The zero-order valence-electron chi connectivity index (χ0n) is 12.8. The smallest absolute Gasteiger partial charge is 0.240 e. The van der Waals surface area contributed by atoms with Crippen molar-refractivity contribution < 1.29 is 17.9 Å². The Hall–Kier alpha value is -1.27. The summed E-state index contributed by atoms with van der Waals surface area (Å²) in [5.74, 6) is 1.30. The van der Waals surface area contributed by atoms with Crippen LogP contribution in [0.5, 0.6) is 11.5 Å². The number of sulfonamides is 1. The largest absolute Gasteiger partial charge is 0.493 e. The van der Waals surface area contributed by atoms with Gasteiger partial charge in [0.25, 0.3) is 0 Å². The number of hydrogen-bond acceptors (Lipinski definition) is 4. The van der Waals surface area contributed by atoms with Crippen molar-refractivity contribution in [1.82, 2.24) is 4.72 Å². The van der Waals surface area contributed by atoms with E-state index in [1.54, 1.807) is 6.07 Å². The van der Waals surface area contributed by atoms with Gasteiger partial charge in [0.15, 0.2) is 11.5 Å². The molecule has 0 aromatic heterocycles. The van der Waals surface area contributed by atoms with Crippen molar-refractivity contribution in [2.75, 3.05) is 14.2 Å². The first-order chi connectivity index (χ1) is 9.97. The van der Waals surface area contributed by atoms with Gasteiger partial charge in [-0.2, -0.15) is 0 Å². The van der Waals surface area contributed by atoms with Crippen molar-refractivity contribution >= 4 is 10.0 Å². The van der Waals surface area contributed by atoms with E-state index in [1.807, 2.05) is 0 Å². The average molecular weight is 313 g/mol. The summed E-state index contributed by atoms with van der Waals surface area (Å²) < 4.78 is 38.1. The molecule has 21 heavy (non-hydrogen) atoms. The zero-order valence-corrected chi connectivity index (χ0v) is 13.6. The molecule has 6 heteroatoms. The average Bonchev–Trinajstić information content (AvgIpc) is 2.48. The van der Waals surface area contributed by atoms with E-state index in [-0.39, 0.29) is 10.9 Å². The van der Waals surface area contributed by atoms with Gasteiger partial charge in [-0.25, -0.2) is 13.1 Å². The highest BCUT2D eigenvalue weighted by Gasteiger charge is 2.27. The van der Waals surface area contributed by atoms with Crippen LogP contribution in [0.3, 0.4) is 0 Å². The van der Waals surface area contributed by atoms with Gasteiger partial charge in [0.1, 0.15) is 0 Å². The van der Waals surface area contributed by atoms with Gasteiger partial charge in [-0.3, -0.25) is 0 Å². The molecule has 0 radical (unpaired) electrons. The molecule has 1 fully saturated rings. The van der Waals surface area contributed by atoms with Crippen molar-refractivity contribution in [1.29, 1.82) is 0 Å². The summed E-state index contributed by atoms with van der Waals surface area (Å²) in [5, 5.41) is 0.